The molecule has 0 spiro atoms. The van der Waals surface area contributed by atoms with Crippen LogP contribution in [0.5, 0.6) is 5.75 Å². The third kappa shape index (κ3) is 6.69. The summed E-state index contributed by atoms with van der Waals surface area (Å²) in [5.41, 5.74) is -0.605. The Hall–Kier alpha value is -1.90. The second-order valence-electron chi connectivity index (χ2n) is 5.81. The van der Waals surface area contributed by atoms with Crippen molar-refractivity contribution >= 4 is 23.3 Å². The minimum atomic E-state index is -2.99. The summed E-state index contributed by atoms with van der Waals surface area (Å²) in [4.78, 5) is 25.5. The molecular weight excluding hydrogens is 342 g/mol. The third-order valence-electron chi connectivity index (χ3n) is 2.75. The van der Waals surface area contributed by atoms with E-state index in [1.54, 1.807) is 27.7 Å². The Kier molecular flexibility index (Phi) is 7.40. The van der Waals surface area contributed by atoms with Gasteiger partial charge in [0.25, 0.3) is 5.91 Å². The minimum absolute atomic E-state index is 0.0654. The van der Waals surface area contributed by atoms with Crippen LogP contribution >= 0.6 is 11.3 Å². The van der Waals surface area contributed by atoms with Crippen LogP contribution in [0.4, 0.5) is 13.6 Å². The quantitative estimate of drug-likeness (QED) is 0.806. The molecule has 0 saturated carbocycles. The number of carbonyl (C=O) groups is 2. The van der Waals surface area contributed by atoms with Crippen LogP contribution in [-0.4, -0.2) is 48.7 Å². The Balaban J connectivity index is 2.52. The molecule has 1 aromatic rings. The molecule has 1 heterocycles. The predicted molar refractivity (Wildman–Crippen MR) is 86.8 cm³/mol. The van der Waals surface area contributed by atoms with E-state index in [2.05, 4.69) is 10.1 Å². The summed E-state index contributed by atoms with van der Waals surface area (Å²) in [5, 5.41) is 4.07. The summed E-state index contributed by atoms with van der Waals surface area (Å²) >= 11 is 1.00. The average Bonchev–Trinajstić information content (AvgIpc) is 2.88. The number of alkyl halides is 2. The van der Waals surface area contributed by atoms with Gasteiger partial charge >= 0.3 is 12.7 Å². The molecule has 0 bridgehead atoms. The first-order valence-corrected chi connectivity index (χ1v) is 8.30. The molecule has 9 heteroatoms. The van der Waals surface area contributed by atoms with Gasteiger partial charge in [0.05, 0.1) is 0 Å². The standard InChI is InChI=1S/C15H22F2N2O4S/c1-5-19(14(21)23-15(2,3)4)8-7-18-12(20)11-10(6-9-24-11)22-13(16)17/h6,9,13H,5,7-8H2,1-4H3,(H,18,20). The molecule has 24 heavy (non-hydrogen) atoms. The van der Waals surface area contributed by atoms with Crippen molar-refractivity contribution in [3.63, 3.8) is 0 Å². The van der Waals surface area contributed by atoms with E-state index in [1.165, 1.54) is 16.3 Å². The molecule has 0 aliphatic rings. The molecule has 0 aliphatic heterocycles. The number of rotatable bonds is 7. The van der Waals surface area contributed by atoms with Crippen LogP contribution in [0.15, 0.2) is 11.4 Å². The van der Waals surface area contributed by atoms with E-state index in [0.717, 1.165) is 11.3 Å². The Morgan fingerprint density at radius 2 is 2.04 bits per heavy atom. The van der Waals surface area contributed by atoms with Gasteiger partial charge in [0.1, 0.15) is 16.2 Å². The highest BCUT2D eigenvalue weighted by Gasteiger charge is 2.21. The summed E-state index contributed by atoms with van der Waals surface area (Å²) in [6.45, 7) is 4.93. The molecule has 0 fully saturated rings. The number of carbonyl (C=O) groups excluding carboxylic acids is 2. The summed E-state index contributed by atoms with van der Waals surface area (Å²) in [5.74, 6) is -0.687. The maximum Gasteiger partial charge on any atom is 0.410 e. The molecule has 1 rings (SSSR count). The first-order chi connectivity index (χ1) is 11.1. The van der Waals surface area contributed by atoms with Gasteiger partial charge < -0.3 is 19.7 Å². The first-order valence-electron chi connectivity index (χ1n) is 7.42. The number of thiophene rings is 1. The number of halogens is 2. The number of likely N-dealkylation sites (N-methyl/N-ethyl adjacent to an activating group) is 1. The van der Waals surface area contributed by atoms with E-state index in [1.807, 2.05) is 0 Å². The fourth-order valence-corrected chi connectivity index (χ4v) is 2.48. The molecule has 1 N–H and O–H groups in total. The van der Waals surface area contributed by atoms with Gasteiger partial charge in [0.15, 0.2) is 0 Å². The average molecular weight is 364 g/mol. The maximum atomic E-state index is 12.3. The monoisotopic (exact) mass is 364 g/mol. The number of nitrogens with zero attached hydrogens (tertiary/aromatic N) is 1. The van der Waals surface area contributed by atoms with Gasteiger partial charge in [-0.15, -0.1) is 11.3 Å². The number of ether oxygens (including phenoxy) is 2. The lowest BCUT2D eigenvalue weighted by Crippen LogP contribution is -2.41. The molecule has 0 aliphatic carbocycles. The zero-order valence-corrected chi connectivity index (χ0v) is 14.9. The lowest BCUT2D eigenvalue weighted by molar-refractivity contribution is -0.0498. The van der Waals surface area contributed by atoms with Gasteiger partial charge in [-0.1, -0.05) is 0 Å². The highest BCUT2D eigenvalue weighted by Crippen LogP contribution is 2.26. The van der Waals surface area contributed by atoms with Crippen molar-refractivity contribution in [1.29, 1.82) is 0 Å². The van der Waals surface area contributed by atoms with E-state index in [0.29, 0.717) is 6.54 Å². The second-order valence-corrected chi connectivity index (χ2v) is 6.72. The van der Waals surface area contributed by atoms with Crippen LogP contribution in [0.2, 0.25) is 0 Å². The fraction of sp³-hybridized carbons (Fsp3) is 0.600. The van der Waals surface area contributed by atoms with Crippen molar-refractivity contribution in [2.24, 2.45) is 0 Å². The van der Waals surface area contributed by atoms with Crippen LogP contribution in [0.1, 0.15) is 37.4 Å². The summed E-state index contributed by atoms with van der Waals surface area (Å²) in [6.07, 6.45) is -0.475. The van der Waals surface area contributed by atoms with Crippen molar-refractivity contribution in [3.05, 3.63) is 16.3 Å². The molecule has 0 unspecified atom stereocenters. The van der Waals surface area contributed by atoms with Crippen molar-refractivity contribution in [3.8, 4) is 5.75 Å². The molecule has 6 nitrogen and oxygen atoms in total. The normalized spacial score (nSPS) is 11.3. The van der Waals surface area contributed by atoms with E-state index < -0.39 is 24.2 Å². The lowest BCUT2D eigenvalue weighted by Gasteiger charge is -2.26. The van der Waals surface area contributed by atoms with E-state index >= 15 is 0 Å². The fourth-order valence-electron chi connectivity index (χ4n) is 1.74. The molecule has 0 radical (unpaired) electrons. The zero-order chi connectivity index (χ0) is 18.3. The molecular formula is C15H22F2N2O4S. The van der Waals surface area contributed by atoms with Gasteiger partial charge in [-0.05, 0) is 39.1 Å². The van der Waals surface area contributed by atoms with Gasteiger partial charge in [-0.3, -0.25) is 4.79 Å². The Morgan fingerprint density at radius 1 is 1.38 bits per heavy atom. The Bertz CT molecular complexity index is 558. The minimum Gasteiger partial charge on any atom is -0.444 e. The van der Waals surface area contributed by atoms with E-state index in [4.69, 9.17) is 4.74 Å². The van der Waals surface area contributed by atoms with Crippen molar-refractivity contribution in [1.82, 2.24) is 10.2 Å². The van der Waals surface area contributed by atoms with Gasteiger partial charge in [-0.2, -0.15) is 8.78 Å². The van der Waals surface area contributed by atoms with Crippen molar-refractivity contribution in [2.75, 3.05) is 19.6 Å². The van der Waals surface area contributed by atoms with Crippen molar-refractivity contribution in [2.45, 2.75) is 39.9 Å². The van der Waals surface area contributed by atoms with Crippen LogP contribution in [-0.2, 0) is 4.74 Å². The van der Waals surface area contributed by atoms with Crippen LogP contribution in [0, 0.1) is 0 Å². The topological polar surface area (TPSA) is 67.9 Å². The number of nitrogens with one attached hydrogen (secondary N) is 1. The largest absolute Gasteiger partial charge is 0.444 e. The number of hydrogen-bond acceptors (Lipinski definition) is 5. The second kappa shape index (κ2) is 8.81. The van der Waals surface area contributed by atoms with E-state index in [9.17, 15) is 18.4 Å². The highest BCUT2D eigenvalue weighted by molar-refractivity contribution is 7.12. The molecule has 0 atom stereocenters. The van der Waals surface area contributed by atoms with Crippen LogP contribution in [0.3, 0.4) is 0 Å². The van der Waals surface area contributed by atoms with Crippen LogP contribution in [0.25, 0.3) is 0 Å². The molecule has 0 aromatic carbocycles. The number of amides is 2. The van der Waals surface area contributed by atoms with Crippen molar-refractivity contribution < 1.29 is 27.8 Å². The summed E-state index contributed by atoms with van der Waals surface area (Å²) < 4.78 is 34.1. The lowest BCUT2D eigenvalue weighted by atomic mass is 10.2. The molecule has 136 valence electrons. The summed E-state index contributed by atoms with van der Waals surface area (Å²) in [7, 11) is 0. The molecule has 0 saturated heterocycles. The molecule has 1 aromatic heterocycles. The Labute approximate surface area is 143 Å². The Morgan fingerprint density at radius 3 is 2.58 bits per heavy atom. The first kappa shape index (κ1) is 20.1. The van der Waals surface area contributed by atoms with Gasteiger partial charge in [-0.25, -0.2) is 4.79 Å². The summed E-state index contributed by atoms with van der Waals surface area (Å²) in [6, 6.07) is 1.31. The molecule has 2 amide bonds. The maximum absolute atomic E-state index is 12.3. The van der Waals surface area contributed by atoms with Gasteiger partial charge in [0, 0.05) is 19.6 Å². The highest BCUT2D eigenvalue weighted by atomic mass is 32.1. The van der Waals surface area contributed by atoms with Crippen LogP contribution < -0.4 is 10.1 Å². The van der Waals surface area contributed by atoms with E-state index in [-0.39, 0.29) is 23.7 Å². The van der Waals surface area contributed by atoms with Gasteiger partial charge in [0.2, 0.25) is 0 Å². The third-order valence-corrected chi connectivity index (χ3v) is 3.65. The smallest absolute Gasteiger partial charge is 0.410 e. The SMILES string of the molecule is CCN(CCNC(=O)c1sccc1OC(F)F)C(=O)OC(C)(C)C. The predicted octanol–water partition coefficient (Wildman–Crippen LogP) is 3.34. The zero-order valence-electron chi connectivity index (χ0n) is 14.1. The number of hydrogen-bond donors (Lipinski definition) is 1.